The molecule has 0 radical (unpaired) electrons. The second kappa shape index (κ2) is 10.4. The summed E-state index contributed by atoms with van der Waals surface area (Å²) in [4.78, 5) is 28.3. The number of aryl methyl sites for hydroxylation is 1. The number of benzene rings is 3. The van der Waals surface area contributed by atoms with Crippen LogP contribution in [0.25, 0.3) is 33.3 Å². The number of carbonyl (C=O) groups is 2. The Labute approximate surface area is 216 Å². The third kappa shape index (κ3) is 4.55. The van der Waals surface area contributed by atoms with Gasteiger partial charge in [-0.25, -0.2) is 0 Å². The van der Waals surface area contributed by atoms with E-state index in [1.54, 1.807) is 6.92 Å². The number of nitrogens with one attached hydrogen (secondary N) is 1. The van der Waals surface area contributed by atoms with Crippen LogP contribution in [0.2, 0.25) is 0 Å². The standard InChI is InChI=1S/C29H30N6O2/c1-4-6-15-30-26-21-9-8-10-22-25(21)24(29(37)35(28(22)36)16-7-5-2)17-23(26)19-11-13-20(14-12-19)27-33-31-18(3)32-34-27/h8-14,17,30H,4-7,15-16H2,1-3H3. The maximum atomic E-state index is 13.6. The Morgan fingerprint density at radius 1 is 0.784 bits per heavy atom. The minimum Gasteiger partial charge on any atom is -0.384 e. The molecule has 5 rings (SSSR count). The van der Waals surface area contributed by atoms with Crippen molar-refractivity contribution in [1.29, 1.82) is 0 Å². The van der Waals surface area contributed by atoms with Gasteiger partial charge < -0.3 is 5.32 Å². The fourth-order valence-corrected chi connectivity index (χ4v) is 4.74. The molecule has 0 aliphatic carbocycles. The van der Waals surface area contributed by atoms with Crippen molar-refractivity contribution >= 4 is 28.3 Å². The molecule has 37 heavy (non-hydrogen) atoms. The number of aromatic nitrogens is 4. The number of rotatable bonds is 9. The first-order chi connectivity index (χ1) is 18.0. The van der Waals surface area contributed by atoms with Crippen molar-refractivity contribution in [2.75, 3.05) is 18.4 Å². The Morgan fingerprint density at radius 3 is 2.16 bits per heavy atom. The van der Waals surface area contributed by atoms with Gasteiger partial charge in [-0.05, 0) is 37.5 Å². The van der Waals surface area contributed by atoms with Crippen LogP contribution in [0.15, 0.2) is 48.5 Å². The summed E-state index contributed by atoms with van der Waals surface area (Å²) in [6.07, 6.45) is 3.75. The molecule has 1 aliphatic heterocycles. The summed E-state index contributed by atoms with van der Waals surface area (Å²) >= 11 is 0. The molecule has 0 saturated heterocycles. The van der Waals surface area contributed by atoms with E-state index in [0.29, 0.717) is 29.3 Å². The van der Waals surface area contributed by atoms with E-state index in [9.17, 15) is 9.59 Å². The van der Waals surface area contributed by atoms with Crippen LogP contribution in [0.5, 0.6) is 0 Å². The van der Waals surface area contributed by atoms with Gasteiger partial charge in [0.15, 0.2) is 5.82 Å². The quantitative estimate of drug-likeness (QED) is 0.236. The van der Waals surface area contributed by atoms with E-state index in [0.717, 1.165) is 65.4 Å². The highest BCUT2D eigenvalue weighted by atomic mass is 16.2. The van der Waals surface area contributed by atoms with Crippen LogP contribution in [-0.2, 0) is 0 Å². The molecule has 0 spiro atoms. The molecule has 0 saturated carbocycles. The van der Waals surface area contributed by atoms with Crippen LogP contribution in [0.3, 0.4) is 0 Å². The zero-order chi connectivity index (χ0) is 25.9. The normalized spacial score (nSPS) is 12.9. The van der Waals surface area contributed by atoms with Gasteiger partial charge in [-0.15, -0.1) is 20.4 Å². The lowest BCUT2D eigenvalue weighted by atomic mass is 9.88. The van der Waals surface area contributed by atoms with Crippen LogP contribution >= 0.6 is 0 Å². The molecule has 8 nitrogen and oxygen atoms in total. The maximum absolute atomic E-state index is 13.6. The third-order valence-electron chi connectivity index (χ3n) is 6.71. The summed E-state index contributed by atoms with van der Waals surface area (Å²) in [6, 6.07) is 15.5. The molecule has 0 fully saturated rings. The Bertz CT molecular complexity index is 1470. The van der Waals surface area contributed by atoms with Gasteiger partial charge in [-0.1, -0.05) is 63.1 Å². The van der Waals surface area contributed by atoms with Gasteiger partial charge in [0.2, 0.25) is 5.82 Å². The highest BCUT2D eigenvalue weighted by molar-refractivity contribution is 6.28. The van der Waals surface area contributed by atoms with Crippen LogP contribution < -0.4 is 5.32 Å². The molecular formula is C29H30N6O2. The summed E-state index contributed by atoms with van der Waals surface area (Å²) in [5, 5.41) is 21.5. The largest absolute Gasteiger partial charge is 0.384 e. The van der Waals surface area contributed by atoms with Crippen molar-refractivity contribution in [2.45, 2.75) is 46.5 Å². The number of carbonyl (C=O) groups excluding carboxylic acids is 2. The van der Waals surface area contributed by atoms with Gasteiger partial charge in [0.05, 0.1) is 0 Å². The minimum atomic E-state index is -0.231. The fraction of sp³-hybridized carbons (Fsp3) is 0.310. The molecule has 8 heteroatoms. The van der Waals surface area contributed by atoms with E-state index in [2.05, 4.69) is 39.6 Å². The molecule has 2 heterocycles. The lowest BCUT2D eigenvalue weighted by Crippen LogP contribution is -2.41. The van der Waals surface area contributed by atoms with E-state index >= 15 is 0 Å². The highest BCUT2D eigenvalue weighted by Gasteiger charge is 2.34. The molecule has 3 aromatic carbocycles. The molecule has 1 aromatic heterocycles. The first kappa shape index (κ1) is 24.5. The van der Waals surface area contributed by atoms with Crippen molar-refractivity contribution in [2.24, 2.45) is 0 Å². The zero-order valence-corrected chi connectivity index (χ0v) is 21.4. The molecule has 0 atom stereocenters. The Morgan fingerprint density at radius 2 is 1.46 bits per heavy atom. The Kier molecular flexibility index (Phi) is 6.90. The van der Waals surface area contributed by atoms with Gasteiger partial charge in [0, 0.05) is 51.8 Å². The van der Waals surface area contributed by atoms with Gasteiger partial charge in [-0.2, -0.15) is 0 Å². The number of hydrogen-bond donors (Lipinski definition) is 1. The summed E-state index contributed by atoms with van der Waals surface area (Å²) < 4.78 is 0. The van der Waals surface area contributed by atoms with Crippen molar-refractivity contribution in [1.82, 2.24) is 25.3 Å². The van der Waals surface area contributed by atoms with Gasteiger partial charge >= 0.3 is 0 Å². The second-order valence-electron chi connectivity index (χ2n) is 9.32. The Balaban J connectivity index is 1.66. The average molecular weight is 495 g/mol. The van der Waals surface area contributed by atoms with Crippen LogP contribution in [0.4, 0.5) is 5.69 Å². The number of amides is 2. The maximum Gasteiger partial charge on any atom is 0.261 e. The summed E-state index contributed by atoms with van der Waals surface area (Å²) in [5.74, 6) is 0.527. The average Bonchev–Trinajstić information content (AvgIpc) is 2.92. The van der Waals surface area contributed by atoms with Gasteiger partial charge in [-0.3, -0.25) is 14.5 Å². The summed E-state index contributed by atoms with van der Waals surface area (Å²) in [7, 11) is 0. The fourth-order valence-electron chi connectivity index (χ4n) is 4.74. The molecule has 1 N–H and O–H groups in total. The molecule has 188 valence electrons. The van der Waals surface area contributed by atoms with Crippen LogP contribution in [-0.4, -0.2) is 50.2 Å². The number of anilines is 1. The number of imide groups is 1. The van der Waals surface area contributed by atoms with Crippen LogP contribution in [0, 0.1) is 6.92 Å². The molecule has 2 amide bonds. The minimum absolute atomic E-state index is 0.214. The van der Waals surface area contributed by atoms with Gasteiger partial charge in [0.1, 0.15) is 0 Å². The topological polar surface area (TPSA) is 101 Å². The SMILES string of the molecule is CCCCNc1c(-c2ccc(-c3nnc(C)nn3)cc2)cc2c3c(cccc13)C(=O)N(CCCC)C2=O. The van der Waals surface area contributed by atoms with Crippen molar-refractivity contribution in [3.63, 3.8) is 0 Å². The zero-order valence-electron chi connectivity index (χ0n) is 21.4. The molecule has 4 aromatic rings. The molecule has 0 bridgehead atoms. The van der Waals surface area contributed by atoms with E-state index in [4.69, 9.17) is 0 Å². The second-order valence-corrected chi connectivity index (χ2v) is 9.32. The van der Waals surface area contributed by atoms with E-state index in [1.165, 1.54) is 4.90 Å². The lowest BCUT2D eigenvalue weighted by molar-refractivity contribution is 0.0608. The van der Waals surface area contributed by atoms with E-state index in [1.807, 2.05) is 48.5 Å². The van der Waals surface area contributed by atoms with Crippen LogP contribution in [0.1, 0.15) is 66.1 Å². The lowest BCUT2D eigenvalue weighted by Gasteiger charge is -2.29. The number of nitrogens with zero attached hydrogens (tertiary/aromatic N) is 5. The van der Waals surface area contributed by atoms with E-state index < -0.39 is 0 Å². The first-order valence-electron chi connectivity index (χ1n) is 12.9. The van der Waals surface area contributed by atoms with Gasteiger partial charge in [0.25, 0.3) is 11.8 Å². The third-order valence-corrected chi connectivity index (χ3v) is 6.71. The predicted molar refractivity (Wildman–Crippen MR) is 144 cm³/mol. The molecule has 1 aliphatic rings. The van der Waals surface area contributed by atoms with Crippen molar-refractivity contribution in [3.8, 4) is 22.5 Å². The molecule has 0 unspecified atom stereocenters. The van der Waals surface area contributed by atoms with Crippen molar-refractivity contribution in [3.05, 3.63) is 65.5 Å². The Hall–Kier alpha value is -4.20. The number of unbranched alkanes of at least 4 members (excludes halogenated alkanes) is 2. The van der Waals surface area contributed by atoms with E-state index in [-0.39, 0.29) is 11.8 Å². The smallest absolute Gasteiger partial charge is 0.261 e. The monoisotopic (exact) mass is 494 g/mol. The first-order valence-corrected chi connectivity index (χ1v) is 12.9. The number of hydrogen-bond acceptors (Lipinski definition) is 7. The van der Waals surface area contributed by atoms with Crippen molar-refractivity contribution < 1.29 is 9.59 Å². The summed E-state index contributed by atoms with van der Waals surface area (Å²) in [5.41, 5.74) is 4.75. The molecular weight excluding hydrogens is 464 g/mol. The predicted octanol–water partition coefficient (Wildman–Crippen LogP) is 5.67. The summed E-state index contributed by atoms with van der Waals surface area (Å²) in [6.45, 7) is 7.16. The highest BCUT2D eigenvalue weighted by Crippen LogP contribution is 2.41.